The predicted octanol–water partition coefficient (Wildman–Crippen LogP) is 5.43. The molecule has 41 heavy (non-hydrogen) atoms. The number of piperidine rings is 1. The number of carbonyl (C=O) groups is 2. The molecule has 8 heteroatoms. The minimum atomic E-state index is -1.31. The Morgan fingerprint density at radius 2 is 1.76 bits per heavy atom. The maximum atomic E-state index is 13.5. The molecule has 218 valence electrons. The minimum Gasteiger partial charge on any atom is -0.456 e. The SMILES string of the molecule is COC(=O)NCCCC(O)(c1ccccc1Oc1c(C)cccc1C)[C@@H]1CCCN(C(=O)c2ccc(CN)cc2)C1. The fourth-order valence-electron chi connectivity index (χ4n) is 5.68. The van der Waals surface area contributed by atoms with Gasteiger partial charge in [-0.3, -0.25) is 4.79 Å². The molecule has 1 saturated heterocycles. The van der Waals surface area contributed by atoms with Crippen LogP contribution in [0.4, 0.5) is 4.79 Å². The number of ether oxygens (including phenoxy) is 2. The van der Waals surface area contributed by atoms with E-state index in [0.29, 0.717) is 55.9 Å². The number of carbonyl (C=O) groups excluding carboxylic acids is 2. The lowest BCUT2D eigenvalue weighted by Gasteiger charge is -2.43. The van der Waals surface area contributed by atoms with Crippen LogP contribution in [0.2, 0.25) is 0 Å². The summed E-state index contributed by atoms with van der Waals surface area (Å²) >= 11 is 0. The van der Waals surface area contributed by atoms with Crippen LogP contribution < -0.4 is 15.8 Å². The van der Waals surface area contributed by atoms with Crippen molar-refractivity contribution in [3.8, 4) is 11.5 Å². The van der Waals surface area contributed by atoms with Gasteiger partial charge in [0, 0.05) is 43.2 Å². The van der Waals surface area contributed by atoms with E-state index in [0.717, 1.165) is 35.3 Å². The molecule has 2 amide bonds. The number of hydrogen-bond donors (Lipinski definition) is 3. The van der Waals surface area contributed by atoms with Crippen molar-refractivity contribution in [3.05, 3.63) is 94.5 Å². The summed E-state index contributed by atoms with van der Waals surface area (Å²) in [7, 11) is 1.32. The van der Waals surface area contributed by atoms with Crippen molar-refractivity contribution in [2.75, 3.05) is 26.7 Å². The molecule has 0 bridgehead atoms. The summed E-state index contributed by atoms with van der Waals surface area (Å²) in [5.41, 5.74) is 8.66. The molecular weight excluding hydrogens is 518 g/mol. The van der Waals surface area contributed by atoms with Gasteiger partial charge in [-0.2, -0.15) is 0 Å². The minimum absolute atomic E-state index is 0.0620. The molecule has 1 heterocycles. The molecule has 4 N–H and O–H groups in total. The highest BCUT2D eigenvalue weighted by atomic mass is 16.5. The summed E-state index contributed by atoms with van der Waals surface area (Å²) in [5.74, 6) is 1.03. The van der Waals surface area contributed by atoms with E-state index in [-0.39, 0.29) is 11.8 Å². The molecule has 1 aliphatic rings. The standard InChI is InChI=1S/C33H41N3O5/c1-23-9-6-10-24(2)30(23)41-29-13-5-4-12-28(29)33(39,18-8-19-35-32(38)40-3)27-11-7-20-36(22-27)31(37)26-16-14-25(21-34)15-17-26/h4-6,9-10,12-17,27,39H,7-8,11,18-22,34H2,1-3H3,(H,35,38)/t27-,33?/m1/s1. The molecule has 0 radical (unpaired) electrons. The van der Waals surface area contributed by atoms with Crippen LogP contribution in [0.3, 0.4) is 0 Å². The van der Waals surface area contributed by atoms with Gasteiger partial charge in [0.2, 0.25) is 0 Å². The molecule has 3 aromatic rings. The van der Waals surface area contributed by atoms with Crippen LogP contribution in [0.25, 0.3) is 0 Å². The molecule has 0 spiro atoms. The number of alkyl carbamates (subject to hydrolysis) is 1. The van der Waals surface area contributed by atoms with E-state index in [1.807, 2.05) is 85.5 Å². The van der Waals surface area contributed by atoms with Crippen LogP contribution in [0.5, 0.6) is 11.5 Å². The Hall–Kier alpha value is -3.88. The van der Waals surface area contributed by atoms with E-state index in [1.54, 1.807) is 0 Å². The third-order valence-corrected chi connectivity index (χ3v) is 7.98. The van der Waals surface area contributed by atoms with E-state index in [4.69, 9.17) is 15.2 Å². The molecule has 0 aromatic heterocycles. The van der Waals surface area contributed by atoms with Crippen LogP contribution in [0, 0.1) is 19.8 Å². The molecule has 1 aliphatic heterocycles. The smallest absolute Gasteiger partial charge is 0.406 e. The maximum Gasteiger partial charge on any atom is 0.406 e. The zero-order valence-corrected chi connectivity index (χ0v) is 24.2. The second kappa shape index (κ2) is 13.7. The van der Waals surface area contributed by atoms with Crippen molar-refractivity contribution in [1.82, 2.24) is 10.2 Å². The first-order chi connectivity index (χ1) is 19.8. The second-order valence-corrected chi connectivity index (χ2v) is 10.8. The number of aliphatic hydroxyl groups is 1. The van der Waals surface area contributed by atoms with Crippen molar-refractivity contribution >= 4 is 12.0 Å². The lowest BCUT2D eigenvalue weighted by Crippen LogP contribution is -2.48. The number of aryl methyl sites for hydroxylation is 2. The maximum absolute atomic E-state index is 13.5. The molecule has 0 saturated carbocycles. The van der Waals surface area contributed by atoms with Crippen LogP contribution >= 0.6 is 0 Å². The van der Waals surface area contributed by atoms with E-state index >= 15 is 0 Å². The van der Waals surface area contributed by atoms with E-state index in [1.165, 1.54) is 7.11 Å². The number of nitrogens with one attached hydrogen (secondary N) is 1. The number of nitrogens with zero attached hydrogens (tertiary/aromatic N) is 1. The number of likely N-dealkylation sites (tertiary alicyclic amines) is 1. The first kappa shape index (κ1) is 30.1. The normalized spacial score (nSPS) is 16.5. The largest absolute Gasteiger partial charge is 0.456 e. The van der Waals surface area contributed by atoms with Crippen molar-refractivity contribution in [3.63, 3.8) is 0 Å². The first-order valence-corrected chi connectivity index (χ1v) is 14.2. The molecular formula is C33H41N3O5. The number of benzene rings is 3. The monoisotopic (exact) mass is 559 g/mol. The van der Waals surface area contributed by atoms with Gasteiger partial charge in [0.1, 0.15) is 11.5 Å². The number of amides is 2. The highest BCUT2D eigenvalue weighted by Crippen LogP contribution is 2.44. The summed E-state index contributed by atoms with van der Waals surface area (Å²) in [6.07, 6.45) is 1.87. The Morgan fingerprint density at radius 1 is 1.05 bits per heavy atom. The Kier molecular flexibility index (Phi) is 10.0. The quantitative estimate of drug-likeness (QED) is 0.286. The first-order valence-electron chi connectivity index (χ1n) is 14.2. The third kappa shape index (κ3) is 7.07. The van der Waals surface area contributed by atoms with Crippen molar-refractivity contribution in [2.24, 2.45) is 11.7 Å². The van der Waals surface area contributed by atoms with E-state index in [9.17, 15) is 14.7 Å². The average Bonchev–Trinajstić information content (AvgIpc) is 3.01. The van der Waals surface area contributed by atoms with Crippen molar-refractivity contribution in [2.45, 2.75) is 51.7 Å². The Labute approximate surface area is 242 Å². The van der Waals surface area contributed by atoms with Crippen LogP contribution in [0.1, 0.15) is 58.3 Å². The highest BCUT2D eigenvalue weighted by molar-refractivity contribution is 5.94. The Morgan fingerprint density at radius 3 is 2.44 bits per heavy atom. The second-order valence-electron chi connectivity index (χ2n) is 10.8. The number of methoxy groups -OCH3 is 1. The number of hydrogen-bond acceptors (Lipinski definition) is 6. The lowest BCUT2D eigenvalue weighted by atomic mass is 9.74. The van der Waals surface area contributed by atoms with Gasteiger partial charge in [-0.15, -0.1) is 0 Å². The van der Waals surface area contributed by atoms with E-state index < -0.39 is 11.7 Å². The zero-order valence-electron chi connectivity index (χ0n) is 24.2. The third-order valence-electron chi connectivity index (χ3n) is 7.98. The molecule has 0 aliphatic carbocycles. The van der Waals surface area contributed by atoms with Crippen LogP contribution in [0.15, 0.2) is 66.7 Å². The zero-order chi connectivity index (χ0) is 29.4. The molecule has 1 fully saturated rings. The Bertz CT molecular complexity index is 1320. The van der Waals surface area contributed by atoms with Gasteiger partial charge in [0.15, 0.2) is 0 Å². The van der Waals surface area contributed by atoms with Crippen molar-refractivity contribution < 1.29 is 24.2 Å². The summed E-state index contributed by atoms with van der Waals surface area (Å²) in [5, 5.41) is 15.3. The summed E-state index contributed by atoms with van der Waals surface area (Å²) < 4.78 is 11.2. The number of para-hydroxylation sites is 2. The number of rotatable bonds is 10. The fraction of sp³-hybridized carbons (Fsp3) is 0.394. The molecule has 4 rings (SSSR count). The van der Waals surface area contributed by atoms with Crippen LogP contribution in [-0.4, -0.2) is 48.8 Å². The predicted molar refractivity (Wildman–Crippen MR) is 159 cm³/mol. The van der Waals surface area contributed by atoms with Gasteiger partial charge in [0.25, 0.3) is 5.91 Å². The summed E-state index contributed by atoms with van der Waals surface area (Å²) in [6.45, 7) is 5.78. The van der Waals surface area contributed by atoms with Crippen LogP contribution in [-0.2, 0) is 16.9 Å². The topological polar surface area (TPSA) is 114 Å². The fourth-order valence-corrected chi connectivity index (χ4v) is 5.68. The summed E-state index contributed by atoms with van der Waals surface area (Å²) in [6, 6.07) is 20.9. The number of nitrogens with two attached hydrogens (primary N) is 1. The summed E-state index contributed by atoms with van der Waals surface area (Å²) in [4.78, 5) is 27.0. The van der Waals surface area contributed by atoms with Crippen molar-refractivity contribution in [1.29, 1.82) is 0 Å². The molecule has 3 aromatic carbocycles. The van der Waals surface area contributed by atoms with Gasteiger partial charge in [-0.1, -0.05) is 48.5 Å². The lowest BCUT2D eigenvalue weighted by molar-refractivity contribution is -0.0578. The molecule has 8 nitrogen and oxygen atoms in total. The average molecular weight is 560 g/mol. The van der Waals surface area contributed by atoms with Gasteiger partial charge < -0.3 is 30.5 Å². The van der Waals surface area contributed by atoms with E-state index in [2.05, 4.69) is 5.32 Å². The molecule has 2 atom stereocenters. The Balaban J connectivity index is 1.65. The van der Waals surface area contributed by atoms with Gasteiger partial charge in [0.05, 0.1) is 12.7 Å². The molecule has 1 unspecified atom stereocenters. The van der Waals surface area contributed by atoms with Gasteiger partial charge in [-0.25, -0.2) is 4.79 Å². The van der Waals surface area contributed by atoms with Gasteiger partial charge >= 0.3 is 6.09 Å². The highest BCUT2D eigenvalue weighted by Gasteiger charge is 2.43. The van der Waals surface area contributed by atoms with Gasteiger partial charge in [-0.05, 0) is 74.4 Å².